The number of hydrogen-bond donors (Lipinski definition) is 1. The molecule has 1 aliphatic heterocycles. The first kappa shape index (κ1) is 19.7. The van der Waals surface area contributed by atoms with Crippen molar-refractivity contribution in [2.45, 2.75) is 12.0 Å². The smallest absolute Gasteiger partial charge is 0.120 e. The fourth-order valence-electron chi connectivity index (χ4n) is 4.23. The van der Waals surface area contributed by atoms with E-state index < -0.39 is 6.10 Å². The van der Waals surface area contributed by atoms with E-state index in [1.807, 2.05) is 62.0 Å². The van der Waals surface area contributed by atoms with Crippen molar-refractivity contribution in [2.75, 3.05) is 26.2 Å². The summed E-state index contributed by atoms with van der Waals surface area (Å²) in [5.41, 5.74) is 3.26. The molecule has 2 aromatic heterocycles. The first-order chi connectivity index (χ1) is 15.2. The van der Waals surface area contributed by atoms with E-state index in [1.165, 1.54) is 0 Å². The molecule has 1 unspecified atom stereocenters. The van der Waals surface area contributed by atoms with E-state index in [0.29, 0.717) is 12.5 Å². The quantitative estimate of drug-likeness (QED) is 0.502. The predicted octanol–water partition coefficient (Wildman–Crippen LogP) is 3.47. The van der Waals surface area contributed by atoms with Gasteiger partial charge in [0.2, 0.25) is 0 Å². The number of hydrogen-bond acceptors (Lipinski definition) is 5. The molecule has 31 heavy (non-hydrogen) atoms. The zero-order valence-corrected chi connectivity index (χ0v) is 17.6. The van der Waals surface area contributed by atoms with Crippen LogP contribution in [0.2, 0.25) is 0 Å². The maximum atomic E-state index is 10.5. The van der Waals surface area contributed by atoms with Gasteiger partial charge in [0.25, 0.3) is 0 Å². The molecular formula is C25H26N4O2. The van der Waals surface area contributed by atoms with E-state index in [1.54, 1.807) is 4.68 Å². The molecule has 4 aromatic rings. The summed E-state index contributed by atoms with van der Waals surface area (Å²) in [5, 5.41) is 17.1. The Kier molecular flexibility index (Phi) is 5.40. The summed E-state index contributed by atoms with van der Waals surface area (Å²) in [6.07, 6.45) is 5.16. The summed E-state index contributed by atoms with van der Waals surface area (Å²) in [6.45, 7) is 2.71. The zero-order valence-electron chi connectivity index (χ0n) is 17.6. The minimum atomic E-state index is -0.544. The first-order valence-corrected chi connectivity index (χ1v) is 10.6. The molecule has 6 nitrogen and oxygen atoms in total. The van der Waals surface area contributed by atoms with Crippen LogP contribution in [0.5, 0.6) is 5.75 Å². The number of pyridine rings is 1. The van der Waals surface area contributed by atoms with Crippen molar-refractivity contribution in [3.05, 3.63) is 78.9 Å². The number of benzene rings is 2. The highest BCUT2D eigenvalue weighted by atomic mass is 16.5. The van der Waals surface area contributed by atoms with Gasteiger partial charge in [0.05, 0.1) is 6.20 Å². The molecule has 1 aliphatic rings. The summed E-state index contributed by atoms with van der Waals surface area (Å²) < 4.78 is 7.81. The van der Waals surface area contributed by atoms with E-state index >= 15 is 0 Å². The maximum Gasteiger partial charge on any atom is 0.120 e. The van der Waals surface area contributed by atoms with Gasteiger partial charge in [-0.05, 0) is 40.6 Å². The Labute approximate surface area is 181 Å². The molecule has 158 valence electrons. The van der Waals surface area contributed by atoms with Crippen LogP contribution in [0.25, 0.3) is 21.9 Å². The third-order valence-electron chi connectivity index (χ3n) is 5.83. The second kappa shape index (κ2) is 8.49. The number of likely N-dealkylation sites (tertiary alicyclic amines) is 1. The average Bonchev–Trinajstić information content (AvgIpc) is 3.20. The van der Waals surface area contributed by atoms with Crippen LogP contribution in [0.4, 0.5) is 0 Å². The lowest BCUT2D eigenvalue weighted by Gasteiger charge is -2.39. The van der Waals surface area contributed by atoms with Crippen molar-refractivity contribution in [2.24, 2.45) is 7.05 Å². The molecule has 1 saturated heterocycles. The molecule has 0 saturated carbocycles. The number of ether oxygens (including phenoxy) is 1. The van der Waals surface area contributed by atoms with E-state index in [2.05, 4.69) is 33.2 Å². The predicted molar refractivity (Wildman–Crippen MR) is 121 cm³/mol. The fraction of sp³-hybridized carbons (Fsp3) is 0.280. The Hall–Kier alpha value is -3.22. The molecule has 0 bridgehead atoms. The van der Waals surface area contributed by atoms with Crippen LogP contribution < -0.4 is 4.74 Å². The second-order valence-corrected chi connectivity index (χ2v) is 8.23. The van der Waals surface area contributed by atoms with Crippen LogP contribution in [0.15, 0.2) is 73.2 Å². The van der Waals surface area contributed by atoms with E-state index in [9.17, 15) is 5.11 Å². The SMILES string of the molecule is Cn1cc(-c2cc(OCC(O)CN3CC(c4ccccn4)C3)cc3ccccc23)cn1. The molecule has 0 radical (unpaired) electrons. The average molecular weight is 415 g/mol. The van der Waals surface area contributed by atoms with Gasteiger partial charge in [0.1, 0.15) is 18.5 Å². The summed E-state index contributed by atoms with van der Waals surface area (Å²) in [5.74, 6) is 1.21. The van der Waals surface area contributed by atoms with Gasteiger partial charge in [0.15, 0.2) is 0 Å². The van der Waals surface area contributed by atoms with Gasteiger partial charge >= 0.3 is 0 Å². The molecule has 1 atom stereocenters. The number of aryl methyl sites for hydroxylation is 1. The van der Waals surface area contributed by atoms with E-state index in [4.69, 9.17) is 4.74 Å². The molecule has 0 amide bonds. The Morgan fingerprint density at radius 3 is 2.74 bits per heavy atom. The molecule has 1 N–H and O–H groups in total. The number of aliphatic hydroxyl groups is 1. The number of aliphatic hydroxyl groups excluding tert-OH is 1. The van der Waals surface area contributed by atoms with Crippen LogP contribution in [-0.2, 0) is 7.05 Å². The summed E-state index contributed by atoms with van der Waals surface area (Å²) in [4.78, 5) is 6.67. The molecule has 2 aromatic carbocycles. The Morgan fingerprint density at radius 2 is 1.97 bits per heavy atom. The Balaban J connectivity index is 1.23. The number of β-amino-alcohol motifs (C(OH)–C–C–N with tert-alkyl or cyclic N) is 1. The highest BCUT2D eigenvalue weighted by Crippen LogP contribution is 2.33. The largest absolute Gasteiger partial charge is 0.491 e. The monoisotopic (exact) mass is 414 g/mol. The summed E-state index contributed by atoms with van der Waals surface area (Å²) in [6, 6.07) is 18.4. The molecule has 5 rings (SSSR count). The van der Waals surface area contributed by atoms with Crippen molar-refractivity contribution in [1.82, 2.24) is 19.7 Å². The lowest BCUT2D eigenvalue weighted by atomic mass is 9.95. The van der Waals surface area contributed by atoms with E-state index in [0.717, 1.165) is 46.4 Å². The zero-order chi connectivity index (χ0) is 21.2. The van der Waals surface area contributed by atoms with Crippen LogP contribution in [0, 0.1) is 0 Å². The van der Waals surface area contributed by atoms with Crippen molar-refractivity contribution in [1.29, 1.82) is 0 Å². The van der Waals surface area contributed by atoms with Gasteiger partial charge in [-0.25, -0.2) is 0 Å². The van der Waals surface area contributed by atoms with Gasteiger partial charge in [-0.15, -0.1) is 0 Å². The van der Waals surface area contributed by atoms with E-state index in [-0.39, 0.29) is 6.61 Å². The Bertz CT molecular complexity index is 1170. The van der Waals surface area contributed by atoms with Crippen molar-refractivity contribution < 1.29 is 9.84 Å². The van der Waals surface area contributed by atoms with Crippen LogP contribution in [0.3, 0.4) is 0 Å². The minimum absolute atomic E-state index is 0.259. The standard InChI is InChI=1S/C25H26N4O2/c1-28-13-19(12-27-28)24-11-22(10-18-6-2-3-7-23(18)24)31-17-21(30)16-29-14-20(15-29)25-8-4-5-9-26-25/h2-13,20-21,30H,14-17H2,1H3. The van der Waals surface area contributed by atoms with Crippen LogP contribution >= 0.6 is 0 Å². The van der Waals surface area contributed by atoms with Crippen LogP contribution in [-0.4, -0.2) is 57.1 Å². The number of aromatic nitrogens is 3. The molecule has 1 fully saturated rings. The molecule has 0 spiro atoms. The number of rotatable bonds is 7. The number of nitrogens with zero attached hydrogens (tertiary/aromatic N) is 4. The van der Waals surface area contributed by atoms with Gasteiger partial charge in [-0.3, -0.25) is 14.6 Å². The molecule has 3 heterocycles. The van der Waals surface area contributed by atoms with Gasteiger partial charge < -0.3 is 9.84 Å². The Morgan fingerprint density at radius 1 is 1.13 bits per heavy atom. The van der Waals surface area contributed by atoms with Crippen molar-refractivity contribution in [3.63, 3.8) is 0 Å². The van der Waals surface area contributed by atoms with Crippen molar-refractivity contribution >= 4 is 10.8 Å². The maximum absolute atomic E-state index is 10.5. The topological polar surface area (TPSA) is 63.4 Å². The second-order valence-electron chi connectivity index (χ2n) is 8.23. The third kappa shape index (κ3) is 4.31. The third-order valence-corrected chi connectivity index (χ3v) is 5.83. The summed E-state index contributed by atoms with van der Waals surface area (Å²) >= 11 is 0. The minimum Gasteiger partial charge on any atom is -0.491 e. The first-order valence-electron chi connectivity index (χ1n) is 10.6. The molecular weight excluding hydrogens is 388 g/mol. The normalized spacial score (nSPS) is 15.7. The fourth-order valence-corrected chi connectivity index (χ4v) is 4.23. The van der Waals surface area contributed by atoms with Crippen LogP contribution in [0.1, 0.15) is 11.6 Å². The summed E-state index contributed by atoms with van der Waals surface area (Å²) in [7, 11) is 1.91. The molecule has 0 aliphatic carbocycles. The van der Waals surface area contributed by atoms with Gasteiger partial charge in [0, 0.05) is 56.3 Å². The van der Waals surface area contributed by atoms with Crippen molar-refractivity contribution in [3.8, 4) is 16.9 Å². The highest BCUT2D eigenvalue weighted by Gasteiger charge is 2.30. The molecule has 6 heteroatoms. The number of fused-ring (bicyclic) bond motifs is 1. The lowest BCUT2D eigenvalue weighted by Crippen LogP contribution is -2.49. The highest BCUT2D eigenvalue weighted by molar-refractivity contribution is 5.97. The van der Waals surface area contributed by atoms with Gasteiger partial charge in [-0.1, -0.05) is 30.3 Å². The van der Waals surface area contributed by atoms with Gasteiger partial charge in [-0.2, -0.15) is 5.10 Å². The lowest BCUT2D eigenvalue weighted by molar-refractivity contribution is 0.0367.